The highest BCUT2D eigenvalue weighted by Crippen LogP contribution is 2.28. The van der Waals surface area contributed by atoms with Crippen molar-refractivity contribution in [1.82, 2.24) is 14.8 Å². The highest BCUT2D eigenvalue weighted by molar-refractivity contribution is 5.91. The molecule has 0 saturated carbocycles. The molecule has 0 bridgehead atoms. The second kappa shape index (κ2) is 7.72. The van der Waals surface area contributed by atoms with Gasteiger partial charge in [0.2, 0.25) is 5.76 Å². The first-order chi connectivity index (χ1) is 11.7. The largest absolute Gasteiger partial charge is 0.444 e. The SMILES string of the molecule is C=CCN(C)C(=O)c1cnc(C2CCN(C(=O)OC(C)(C)C)CC2)o1. The van der Waals surface area contributed by atoms with Gasteiger partial charge in [-0.1, -0.05) is 6.08 Å². The molecule has 1 aromatic heterocycles. The highest BCUT2D eigenvalue weighted by Gasteiger charge is 2.30. The van der Waals surface area contributed by atoms with Crippen LogP contribution >= 0.6 is 0 Å². The van der Waals surface area contributed by atoms with Crippen molar-refractivity contribution in [2.75, 3.05) is 26.7 Å². The molecule has 0 aromatic carbocycles. The second-order valence-corrected chi connectivity index (χ2v) is 7.28. The molecule has 2 rings (SSSR count). The molecule has 25 heavy (non-hydrogen) atoms. The molecule has 0 unspecified atom stereocenters. The van der Waals surface area contributed by atoms with Crippen LogP contribution < -0.4 is 0 Å². The number of aromatic nitrogens is 1. The average molecular weight is 349 g/mol. The van der Waals surface area contributed by atoms with Gasteiger partial charge in [-0.25, -0.2) is 9.78 Å². The normalized spacial score (nSPS) is 15.8. The summed E-state index contributed by atoms with van der Waals surface area (Å²) in [7, 11) is 1.69. The number of likely N-dealkylation sites (tertiary alicyclic amines) is 1. The Morgan fingerprint density at radius 2 is 2.08 bits per heavy atom. The van der Waals surface area contributed by atoms with Gasteiger partial charge in [-0.15, -0.1) is 6.58 Å². The summed E-state index contributed by atoms with van der Waals surface area (Å²) in [6.45, 7) is 10.8. The summed E-state index contributed by atoms with van der Waals surface area (Å²) in [5.41, 5.74) is -0.497. The van der Waals surface area contributed by atoms with Crippen LogP contribution in [0, 0.1) is 0 Å². The molecule has 0 atom stereocenters. The molecule has 7 nitrogen and oxygen atoms in total. The summed E-state index contributed by atoms with van der Waals surface area (Å²) in [5, 5.41) is 0. The summed E-state index contributed by atoms with van der Waals surface area (Å²) in [5.74, 6) is 0.669. The van der Waals surface area contributed by atoms with Gasteiger partial charge < -0.3 is 19.0 Å². The number of amides is 2. The molecule has 0 radical (unpaired) electrons. The Morgan fingerprint density at radius 1 is 1.44 bits per heavy atom. The molecule has 1 aliphatic rings. The van der Waals surface area contributed by atoms with Crippen LogP contribution in [0.25, 0.3) is 0 Å². The monoisotopic (exact) mass is 349 g/mol. The molecular formula is C18H27N3O4. The van der Waals surface area contributed by atoms with Gasteiger partial charge in [0.15, 0.2) is 5.89 Å². The van der Waals surface area contributed by atoms with Crippen LogP contribution in [0.5, 0.6) is 0 Å². The lowest BCUT2D eigenvalue weighted by molar-refractivity contribution is 0.0199. The Morgan fingerprint density at radius 3 is 2.64 bits per heavy atom. The van der Waals surface area contributed by atoms with E-state index in [9.17, 15) is 9.59 Å². The molecule has 0 aliphatic carbocycles. The van der Waals surface area contributed by atoms with E-state index in [4.69, 9.17) is 9.15 Å². The first-order valence-corrected chi connectivity index (χ1v) is 8.51. The minimum atomic E-state index is -0.497. The number of rotatable bonds is 4. The van der Waals surface area contributed by atoms with E-state index in [1.54, 1.807) is 18.0 Å². The molecule has 0 spiro atoms. The molecular weight excluding hydrogens is 322 g/mol. The second-order valence-electron chi connectivity index (χ2n) is 7.28. The quantitative estimate of drug-likeness (QED) is 0.781. The molecule has 2 amide bonds. The average Bonchev–Trinajstić information content (AvgIpc) is 3.03. The zero-order valence-electron chi connectivity index (χ0n) is 15.4. The van der Waals surface area contributed by atoms with Crippen LogP contribution in [0.1, 0.15) is 56.0 Å². The zero-order valence-corrected chi connectivity index (χ0v) is 15.4. The first kappa shape index (κ1) is 19.0. The number of nitrogens with zero attached hydrogens (tertiary/aromatic N) is 3. The number of carbonyl (C=O) groups excluding carboxylic acids is 2. The topological polar surface area (TPSA) is 75.9 Å². The minimum Gasteiger partial charge on any atom is -0.444 e. The molecule has 2 heterocycles. The van der Waals surface area contributed by atoms with E-state index >= 15 is 0 Å². The fourth-order valence-electron chi connectivity index (χ4n) is 2.68. The van der Waals surface area contributed by atoms with E-state index < -0.39 is 5.60 Å². The Hall–Kier alpha value is -2.31. The van der Waals surface area contributed by atoms with Crippen LogP contribution in [-0.4, -0.2) is 59.1 Å². The van der Waals surface area contributed by atoms with Crippen molar-refractivity contribution in [2.24, 2.45) is 0 Å². The third kappa shape index (κ3) is 5.08. The van der Waals surface area contributed by atoms with Gasteiger partial charge in [0, 0.05) is 32.6 Å². The van der Waals surface area contributed by atoms with Crippen molar-refractivity contribution >= 4 is 12.0 Å². The minimum absolute atomic E-state index is 0.102. The van der Waals surface area contributed by atoms with Crippen LogP contribution in [-0.2, 0) is 4.74 Å². The summed E-state index contributed by atoms with van der Waals surface area (Å²) in [4.78, 5) is 31.8. The molecule has 7 heteroatoms. The number of carbonyl (C=O) groups is 2. The number of hydrogen-bond donors (Lipinski definition) is 0. The van der Waals surface area contributed by atoms with Crippen molar-refractivity contribution in [1.29, 1.82) is 0 Å². The fourth-order valence-corrected chi connectivity index (χ4v) is 2.68. The molecule has 1 aliphatic heterocycles. The van der Waals surface area contributed by atoms with E-state index in [0.717, 1.165) is 12.8 Å². The summed E-state index contributed by atoms with van der Waals surface area (Å²) in [6.07, 6.45) is 4.30. The smallest absolute Gasteiger partial charge is 0.410 e. The maximum Gasteiger partial charge on any atom is 0.410 e. The number of hydrogen-bond acceptors (Lipinski definition) is 5. The van der Waals surface area contributed by atoms with Crippen molar-refractivity contribution < 1.29 is 18.7 Å². The van der Waals surface area contributed by atoms with E-state index in [0.29, 0.717) is 25.5 Å². The fraction of sp³-hybridized carbons (Fsp3) is 0.611. The van der Waals surface area contributed by atoms with E-state index in [-0.39, 0.29) is 23.7 Å². The van der Waals surface area contributed by atoms with Crippen molar-refractivity contribution in [3.8, 4) is 0 Å². The summed E-state index contributed by atoms with van der Waals surface area (Å²) >= 11 is 0. The predicted molar refractivity (Wildman–Crippen MR) is 93.4 cm³/mol. The number of oxazole rings is 1. The third-order valence-electron chi connectivity index (χ3n) is 3.98. The Balaban J connectivity index is 1.92. The van der Waals surface area contributed by atoms with Crippen LogP contribution in [0.4, 0.5) is 4.79 Å². The third-order valence-corrected chi connectivity index (χ3v) is 3.98. The lowest BCUT2D eigenvalue weighted by Crippen LogP contribution is -2.41. The van der Waals surface area contributed by atoms with Crippen molar-refractivity contribution in [2.45, 2.75) is 45.1 Å². The van der Waals surface area contributed by atoms with Gasteiger partial charge in [0.25, 0.3) is 5.91 Å². The van der Waals surface area contributed by atoms with Gasteiger partial charge in [0.1, 0.15) is 5.60 Å². The Bertz CT molecular complexity index is 625. The van der Waals surface area contributed by atoms with Gasteiger partial charge >= 0.3 is 6.09 Å². The standard InChI is InChI=1S/C18H27N3O4/c1-6-9-20(5)16(22)14-12-19-15(24-14)13-7-10-21(11-8-13)17(23)25-18(2,3)4/h6,12-13H,1,7-11H2,2-5H3. The Kier molecular flexibility index (Phi) is 5.87. The van der Waals surface area contributed by atoms with Gasteiger partial charge in [0.05, 0.1) is 6.20 Å². The molecule has 1 fully saturated rings. The summed E-state index contributed by atoms with van der Waals surface area (Å²) < 4.78 is 11.1. The van der Waals surface area contributed by atoms with Crippen LogP contribution in [0.3, 0.4) is 0 Å². The van der Waals surface area contributed by atoms with Crippen LogP contribution in [0.15, 0.2) is 23.3 Å². The maximum atomic E-state index is 12.2. The zero-order chi connectivity index (χ0) is 18.6. The Labute approximate surface area is 148 Å². The van der Waals surface area contributed by atoms with Crippen LogP contribution in [0.2, 0.25) is 0 Å². The van der Waals surface area contributed by atoms with E-state index in [1.165, 1.54) is 11.1 Å². The van der Waals surface area contributed by atoms with Crippen molar-refractivity contribution in [3.05, 3.63) is 30.5 Å². The summed E-state index contributed by atoms with van der Waals surface area (Å²) in [6, 6.07) is 0. The van der Waals surface area contributed by atoms with E-state index in [2.05, 4.69) is 11.6 Å². The van der Waals surface area contributed by atoms with Crippen molar-refractivity contribution in [3.63, 3.8) is 0 Å². The number of likely N-dealkylation sites (N-methyl/N-ethyl adjacent to an activating group) is 1. The van der Waals surface area contributed by atoms with E-state index in [1.807, 2.05) is 20.8 Å². The van der Waals surface area contributed by atoms with Gasteiger partial charge in [-0.3, -0.25) is 4.79 Å². The highest BCUT2D eigenvalue weighted by atomic mass is 16.6. The molecule has 1 aromatic rings. The maximum absolute atomic E-state index is 12.2. The number of piperidine rings is 1. The first-order valence-electron chi connectivity index (χ1n) is 8.51. The number of ether oxygens (including phenoxy) is 1. The van der Waals surface area contributed by atoms with Gasteiger partial charge in [-0.2, -0.15) is 0 Å². The predicted octanol–water partition coefficient (Wildman–Crippen LogP) is 3.05. The molecule has 0 N–H and O–H groups in total. The van der Waals surface area contributed by atoms with Gasteiger partial charge in [-0.05, 0) is 33.6 Å². The molecule has 138 valence electrons. The lowest BCUT2D eigenvalue weighted by Gasteiger charge is -2.32. The lowest BCUT2D eigenvalue weighted by atomic mass is 9.97. The molecule has 1 saturated heterocycles.